The normalized spacial score (nSPS) is 21.9. The lowest BCUT2D eigenvalue weighted by molar-refractivity contribution is -1.02. The average Bonchev–Trinajstić information content (AvgIpc) is 3.17. The molecule has 6 nitrogen and oxygen atoms in total. The van der Waals surface area contributed by atoms with E-state index in [1.165, 1.54) is 21.9 Å². The van der Waals surface area contributed by atoms with Gasteiger partial charge in [-0.05, 0) is 36.4 Å². The van der Waals surface area contributed by atoms with Crippen LogP contribution in [0.3, 0.4) is 0 Å². The first-order valence-electron chi connectivity index (χ1n) is 9.69. The molecule has 0 saturated carbocycles. The van der Waals surface area contributed by atoms with Gasteiger partial charge in [0.05, 0.1) is 13.6 Å². The van der Waals surface area contributed by atoms with Gasteiger partial charge in [0, 0.05) is 11.1 Å². The molecule has 0 aliphatic carbocycles. The quantitative estimate of drug-likeness (QED) is 0.645. The fraction of sp³-hybridized carbons (Fsp3) is 0.381. The van der Waals surface area contributed by atoms with Crippen LogP contribution >= 0.6 is 0 Å². The predicted molar refractivity (Wildman–Crippen MR) is 101 cm³/mol. The summed E-state index contributed by atoms with van der Waals surface area (Å²) in [5, 5.41) is 3.00. The second kappa shape index (κ2) is 8.16. The second-order valence-corrected chi connectivity index (χ2v) is 7.50. The number of benzene rings is 2. The zero-order valence-electron chi connectivity index (χ0n) is 16.0. The van der Waals surface area contributed by atoms with Crippen LogP contribution in [-0.4, -0.2) is 52.5 Å². The van der Waals surface area contributed by atoms with Gasteiger partial charge in [0.2, 0.25) is 6.79 Å². The van der Waals surface area contributed by atoms with E-state index in [-0.39, 0.29) is 18.7 Å². The molecular weight excluding hydrogens is 361 g/mol. The average molecular weight is 387 g/mol. The molecule has 1 saturated heterocycles. The monoisotopic (exact) mass is 387 g/mol. The first-order valence-corrected chi connectivity index (χ1v) is 9.69. The Morgan fingerprint density at radius 1 is 1.11 bits per heavy atom. The lowest BCUT2D eigenvalue weighted by Crippen LogP contribution is -3.27. The molecule has 0 unspecified atom stereocenters. The van der Waals surface area contributed by atoms with E-state index in [4.69, 9.17) is 9.47 Å². The van der Waals surface area contributed by atoms with Gasteiger partial charge in [-0.25, -0.2) is 4.39 Å². The molecule has 2 aliphatic heterocycles. The molecule has 7 heteroatoms. The van der Waals surface area contributed by atoms with Crippen LogP contribution in [0.2, 0.25) is 0 Å². The number of hydrogen-bond donors (Lipinski definition) is 3. The number of fused-ring (bicyclic) bond motifs is 1. The molecule has 28 heavy (non-hydrogen) atoms. The van der Waals surface area contributed by atoms with E-state index in [1.54, 1.807) is 12.1 Å². The SMILES string of the molecule is C[NH+]1CC[NH+]([C@H](CNC(=O)c2cccc(F)c2)c2ccc3c(c2)OCO3)CC1. The number of quaternary nitrogens is 2. The maximum atomic E-state index is 13.4. The van der Waals surface area contributed by atoms with E-state index in [0.717, 1.165) is 43.2 Å². The summed E-state index contributed by atoms with van der Waals surface area (Å²) in [5.41, 5.74) is 1.45. The van der Waals surface area contributed by atoms with Crippen LogP contribution < -0.4 is 24.6 Å². The molecule has 1 atom stereocenters. The number of carbonyl (C=O) groups excluding carboxylic acids is 1. The Labute approximate surface area is 163 Å². The smallest absolute Gasteiger partial charge is 0.251 e. The van der Waals surface area contributed by atoms with Gasteiger partial charge < -0.3 is 24.6 Å². The van der Waals surface area contributed by atoms with Crippen LogP contribution in [0.4, 0.5) is 4.39 Å². The van der Waals surface area contributed by atoms with Crippen molar-refractivity contribution in [2.24, 2.45) is 0 Å². The van der Waals surface area contributed by atoms with Crippen molar-refractivity contribution in [3.63, 3.8) is 0 Å². The van der Waals surface area contributed by atoms with Crippen LogP contribution in [0.15, 0.2) is 42.5 Å². The number of rotatable bonds is 5. The highest BCUT2D eigenvalue weighted by Crippen LogP contribution is 2.33. The molecular formula is C21H26FN3O3+2. The number of likely N-dealkylation sites (N-methyl/N-ethyl adjacent to an activating group) is 1. The molecule has 4 rings (SSSR count). The molecule has 2 aromatic carbocycles. The minimum Gasteiger partial charge on any atom is -0.454 e. The molecule has 0 bridgehead atoms. The van der Waals surface area contributed by atoms with Crippen molar-refractivity contribution < 1.29 is 28.5 Å². The Bertz CT molecular complexity index is 853. The lowest BCUT2D eigenvalue weighted by atomic mass is 10.0. The van der Waals surface area contributed by atoms with Gasteiger partial charge in [-0.3, -0.25) is 4.79 Å². The molecule has 3 N–H and O–H groups in total. The van der Waals surface area contributed by atoms with Crippen molar-refractivity contribution in [3.05, 3.63) is 59.4 Å². The summed E-state index contributed by atoms with van der Waals surface area (Å²) in [7, 11) is 2.21. The first kappa shape index (κ1) is 18.7. The van der Waals surface area contributed by atoms with E-state index < -0.39 is 5.82 Å². The topological polar surface area (TPSA) is 56.4 Å². The highest BCUT2D eigenvalue weighted by molar-refractivity contribution is 5.94. The van der Waals surface area contributed by atoms with Crippen LogP contribution in [0.25, 0.3) is 0 Å². The number of carbonyl (C=O) groups is 1. The van der Waals surface area contributed by atoms with E-state index in [1.807, 2.05) is 18.2 Å². The number of halogens is 1. The summed E-state index contributed by atoms with van der Waals surface area (Å²) in [5.74, 6) is 0.833. The lowest BCUT2D eigenvalue weighted by Gasteiger charge is -2.33. The van der Waals surface area contributed by atoms with Crippen molar-refractivity contribution >= 4 is 5.91 Å². The zero-order valence-corrected chi connectivity index (χ0v) is 16.0. The molecule has 0 spiro atoms. The standard InChI is InChI=1S/C21H24FN3O3/c1-24-7-9-25(10-8-24)18(15-5-6-19-20(12-15)28-14-27-19)13-23-21(26)16-3-2-4-17(22)11-16/h2-6,11-12,18H,7-10,13-14H2,1H3,(H,23,26)/p+2/t18-/m1/s1. The first-order chi connectivity index (χ1) is 13.6. The minimum absolute atomic E-state index is 0.0973. The molecule has 148 valence electrons. The Morgan fingerprint density at radius 2 is 1.89 bits per heavy atom. The maximum Gasteiger partial charge on any atom is 0.251 e. The van der Waals surface area contributed by atoms with E-state index in [0.29, 0.717) is 12.1 Å². The third-order valence-electron chi connectivity index (χ3n) is 5.59. The third-order valence-corrected chi connectivity index (χ3v) is 5.59. The summed E-state index contributed by atoms with van der Waals surface area (Å²) in [6.45, 7) is 4.96. The number of nitrogens with one attached hydrogen (secondary N) is 3. The summed E-state index contributed by atoms with van der Waals surface area (Å²) in [6, 6.07) is 11.9. The molecule has 1 amide bonds. The highest BCUT2D eigenvalue weighted by atomic mass is 19.1. The number of piperazine rings is 1. The van der Waals surface area contributed by atoms with E-state index in [2.05, 4.69) is 12.4 Å². The summed E-state index contributed by atoms with van der Waals surface area (Å²) < 4.78 is 24.4. The van der Waals surface area contributed by atoms with Crippen LogP contribution in [0, 0.1) is 5.82 Å². The van der Waals surface area contributed by atoms with Crippen molar-refractivity contribution in [1.82, 2.24) is 5.32 Å². The second-order valence-electron chi connectivity index (χ2n) is 7.50. The Hall–Kier alpha value is -2.64. The molecule has 0 aromatic heterocycles. The highest BCUT2D eigenvalue weighted by Gasteiger charge is 2.31. The largest absolute Gasteiger partial charge is 0.454 e. The van der Waals surface area contributed by atoms with Gasteiger partial charge >= 0.3 is 0 Å². The summed E-state index contributed by atoms with van der Waals surface area (Å²) in [6.07, 6.45) is 0. The third kappa shape index (κ3) is 4.10. The number of amides is 1. The summed E-state index contributed by atoms with van der Waals surface area (Å²) >= 11 is 0. The van der Waals surface area contributed by atoms with Gasteiger partial charge in [-0.15, -0.1) is 0 Å². The van der Waals surface area contributed by atoms with Gasteiger partial charge in [0.1, 0.15) is 38.0 Å². The van der Waals surface area contributed by atoms with Crippen LogP contribution in [0.5, 0.6) is 11.5 Å². The van der Waals surface area contributed by atoms with Gasteiger partial charge in [0.25, 0.3) is 5.91 Å². The zero-order chi connectivity index (χ0) is 19.5. The molecule has 2 heterocycles. The van der Waals surface area contributed by atoms with Crippen molar-refractivity contribution in [3.8, 4) is 11.5 Å². The van der Waals surface area contributed by atoms with Gasteiger partial charge in [-0.1, -0.05) is 6.07 Å². The molecule has 1 fully saturated rings. The van der Waals surface area contributed by atoms with E-state index in [9.17, 15) is 9.18 Å². The number of ether oxygens (including phenoxy) is 2. The Morgan fingerprint density at radius 3 is 2.68 bits per heavy atom. The summed E-state index contributed by atoms with van der Waals surface area (Å²) in [4.78, 5) is 15.5. The number of hydrogen-bond acceptors (Lipinski definition) is 3. The fourth-order valence-corrected chi connectivity index (χ4v) is 3.90. The maximum absolute atomic E-state index is 13.4. The van der Waals surface area contributed by atoms with Crippen molar-refractivity contribution in [2.75, 3.05) is 46.6 Å². The van der Waals surface area contributed by atoms with Crippen molar-refractivity contribution in [1.29, 1.82) is 0 Å². The Kier molecular flexibility index (Phi) is 5.45. The molecule has 0 radical (unpaired) electrons. The van der Waals surface area contributed by atoms with Crippen molar-refractivity contribution in [2.45, 2.75) is 6.04 Å². The van der Waals surface area contributed by atoms with Gasteiger partial charge in [0.15, 0.2) is 11.5 Å². The fourth-order valence-electron chi connectivity index (χ4n) is 3.90. The van der Waals surface area contributed by atoms with Crippen LogP contribution in [-0.2, 0) is 0 Å². The minimum atomic E-state index is -0.410. The predicted octanol–water partition coefficient (Wildman–Crippen LogP) is -0.561. The molecule has 2 aromatic rings. The molecule has 2 aliphatic rings. The van der Waals surface area contributed by atoms with Crippen LogP contribution in [0.1, 0.15) is 22.0 Å². The Balaban J connectivity index is 1.52. The van der Waals surface area contributed by atoms with Gasteiger partial charge in [-0.2, -0.15) is 0 Å². The van der Waals surface area contributed by atoms with E-state index >= 15 is 0 Å².